The van der Waals surface area contributed by atoms with Crippen LogP contribution in [0.3, 0.4) is 0 Å². The first kappa shape index (κ1) is 18.2. The van der Waals surface area contributed by atoms with E-state index in [1.165, 1.54) is 7.11 Å². The summed E-state index contributed by atoms with van der Waals surface area (Å²) in [5.74, 6) is -0.350. The molecule has 1 heterocycles. The molecule has 1 fully saturated rings. The number of amides is 2. The first-order valence-corrected chi connectivity index (χ1v) is 8.35. The van der Waals surface area contributed by atoms with Crippen molar-refractivity contribution in [1.82, 2.24) is 10.2 Å². The summed E-state index contributed by atoms with van der Waals surface area (Å²) in [4.78, 5) is 25.5. The molecule has 2 rings (SSSR count). The van der Waals surface area contributed by atoms with E-state index in [4.69, 9.17) is 0 Å². The molecule has 0 aromatic heterocycles. The number of benzene rings is 1. The monoisotopic (exact) mass is 336 g/mol. The Morgan fingerprint density at radius 1 is 1.29 bits per heavy atom. The number of alkyl carbamates (subject to hydrolysis) is 1. The minimum atomic E-state index is -1.37. The summed E-state index contributed by atoms with van der Waals surface area (Å²) in [7, 11) is 1.28. The van der Waals surface area contributed by atoms with Gasteiger partial charge >= 0.3 is 6.09 Å². The SMILES string of the molecule is CCC(CNC(=O)OC)C(=O)N1CCC(F)(c2ccccc2)CC1. The maximum atomic E-state index is 15.1. The number of hydrogen-bond acceptors (Lipinski definition) is 3. The van der Waals surface area contributed by atoms with Gasteiger partial charge in [0.2, 0.25) is 5.91 Å². The lowest BCUT2D eigenvalue weighted by Gasteiger charge is -2.38. The van der Waals surface area contributed by atoms with Crippen LogP contribution in [0.15, 0.2) is 30.3 Å². The lowest BCUT2D eigenvalue weighted by molar-refractivity contribution is -0.138. The van der Waals surface area contributed by atoms with Gasteiger partial charge in [-0.2, -0.15) is 0 Å². The second kappa shape index (κ2) is 8.13. The molecular formula is C18H25FN2O3. The van der Waals surface area contributed by atoms with E-state index in [-0.39, 0.29) is 18.4 Å². The van der Waals surface area contributed by atoms with E-state index >= 15 is 4.39 Å². The zero-order valence-electron chi connectivity index (χ0n) is 14.3. The summed E-state index contributed by atoms with van der Waals surface area (Å²) in [6, 6.07) is 9.13. The lowest BCUT2D eigenvalue weighted by atomic mass is 9.85. The van der Waals surface area contributed by atoms with Gasteiger partial charge in [0.1, 0.15) is 5.67 Å². The molecule has 132 valence electrons. The van der Waals surface area contributed by atoms with Crippen LogP contribution in [0.4, 0.5) is 9.18 Å². The van der Waals surface area contributed by atoms with Crippen LogP contribution in [0.25, 0.3) is 0 Å². The predicted octanol–water partition coefficient (Wildman–Crippen LogP) is 2.86. The highest BCUT2D eigenvalue weighted by Crippen LogP contribution is 2.37. The van der Waals surface area contributed by atoms with E-state index < -0.39 is 11.8 Å². The zero-order valence-corrected chi connectivity index (χ0v) is 14.3. The van der Waals surface area contributed by atoms with Crippen LogP contribution in [0, 0.1) is 5.92 Å². The Labute approximate surface area is 142 Å². The number of alkyl halides is 1. The molecule has 1 unspecified atom stereocenters. The average molecular weight is 336 g/mol. The fourth-order valence-electron chi connectivity index (χ4n) is 3.05. The van der Waals surface area contributed by atoms with Gasteiger partial charge < -0.3 is 15.0 Å². The van der Waals surface area contributed by atoms with E-state index in [1.807, 2.05) is 25.1 Å². The van der Waals surface area contributed by atoms with Crippen molar-refractivity contribution in [2.75, 3.05) is 26.7 Å². The van der Waals surface area contributed by atoms with E-state index in [0.717, 1.165) is 0 Å². The van der Waals surface area contributed by atoms with Crippen LogP contribution in [-0.4, -0.2) is 43.6 Å². The average Bonchev–Trinajstić information content (AvgIpc) is 2.63. The second-order valence-electron chi connectivity index (χ2n) is 6.13. The number of rotatable bonds is 5. The molecule has 0 saturated carbocycles. The fourth-order valence-corrected chi connectivity index (χ4v) is 3.05. The number of nitrogens with one attached hydrogen (secondary N) is 1. The highest BCUT2D eigenvalue weighted by atomic mass is 19.1. The topological polar surface area (TPSA) is 58.6 Å². The molecule has 2 amide bonds. The molecule has 6 heteroatoms. The number of hydrogen-bond donors (Lipinski definition) is 1. The number of methoxy groups -OCH3 is 1. The molecule has 1 atom stereocenters. The number of likely N-dealkylation sites (tertiary alicyclic amines) is 1. The number of carbonyl (C=O) groups excluding carboxylic acids is 2. The first-order chi connectivity index (χ1) is 11.5. The Morgan fingerprint density at radius 3 is 2.46 bits per heavy atom. The Morgan fingerprint density at radius 2 is 1.92 bits per heavy atom. The first-order valence-electron chi connectivity index (χ1n) is 8.35. The molecule has 0 radical (unpaired) electrons. The van der Waals surface area contributed by atoms with Crippen molar-refractivity contribution in [2.45, 2.75) is 31.9 Å². The largest absolute Gasteiger partial charge is 0.453 e. The number of piperidine rings is 1. The van der Waals surface area contributed by atoms with E-state index in [0.29, 0.717) is 37.9 Å². The molecule has 24 heavy (non-hydrogen) atoms. The molecule has 1 aromatic carbocycles. The van der Waals surface area contributed by atoms with Crippen molar-refractivity contribution in [2.24, 2.45) is 5.92 Å². The van der Waals surface area contributed by atoms with Crippen LogP contribution in [0.1, 0.15) is 31.7 Å². The highest BCUT2D eigenvalue weighted by Gasteiger charge is 2.38. The maximum absolute atomic E-state index is 15.1. The third kappa shape index (κ3) is 4.24. The Hall–Kier alpha value is -2.11. The van der Waals surface area contributed by atoms with Crippen molar-refractivity contribution in [3.05, 3.63) is 35.9 Å². The van der Waals surface area contributed by atoms with Crippen molar-refractivity contribution >= 4 is 12.0 Å². The van der Waals surface area contributed by atoms with Gasteiger partial charge in [-0.25, -0.2) is 9.18 Å². The summed E-state index contributed by atoms with van der Waals surface area (Å²) in [5, 5.41) is 2.56. The lowest BCUT2D eigenvalue weighted by Crippen LogP contribution is -2.47. The Bertz CT molecular complexity index is 557. The second-order valence-corrected chi connectivity index (χ2v) is 6.13. The highest BCUT2D eigenvalue weighted by molar-refractivity contribution is 5.80. The summed E-state index contributed by atoms with van der Waals surface area (Å²) < 4.78 is 19.6. The zero-order chi connectivity index (χ0) is 17.6. The van der Waals surface area contributed by atoms with E-state index in [2.05, 4.69) is 10.1 Å². The van der Waals surface area contributed by atoms with Crippen LogP contribution in [0.2, 0.25) is 0 Å². The summed E-state index contributed by atoms with van der Waals surface area (Å²) >= 11 is 0. The molecule has 1 aliphatic rings. The number of nitrogens with zero attached hydrogens (tertiary/aromatic N) is 1. The summed E-state index contributed by atoms with van der Waals surface area (Å²) in [6.45, 7) is 2.91. The van der Waals surface area contributed by atoms with Gasteiger partial charge in [-0.1, -0.05) is 37.3 Å². The standard InChI is InChI=1S/C18H25FN2O3/c1-3-14(13-20-17(23)24-2)16(22)21-11-9-18(19,10-12-21)15-7-5-4-6-8-15/h4-8,14H,3,9-13H2,1-2H3,(H,20,23). The van der Waals surface area contributed by atoms with Gasteiger partial charge in [0.25, 0.3) is 0 Å². The number of halogens is 1. The molecule has 1 N–H and O–H groups in total. The third-order valence-electron chi connectivity index (χ3n) is 4.68. The summed E-state index contributed by atoms with van der Waals surface area (Å²) in [6.07, 6.45) is 0.651. The van der Waals surface area contributed by atoms with Crippen molar-refractivity contribution in [3.63, 3.8) is 0 Å². The van der Waals surface area contributed by atoms with Gasteiger partial charge in [-0.3, -0.25) is 4.79 Å². The van der Waals surface area contributed by atoms with E-state index in [9.17, 15) is 9.59 Å². The van der Waals surface area contributed by atoms with Gasteiger partial charge in [-0.05, 0) is 12.0 Å². The molecular weight excluding hydrogens is 311 g/mol. The van der Waals surface area contributed by atoms with Gasteiger partial charge in [0.05, 0.1) is 13.0 Å². The van der Waals surface area contributed by atoms with Crippen molar-refractivity contribution in [3.8, 4) is 0 Å². The molecule has 0 bridgehead atoms. The maximum Gasteiger partial charge on any atom is 0.406 e. The summed E-state index contributed by atoms with van der Waals surface area (Å²) in [5.41, 5.74) is -0.694. The van der Waals surface area contributed by atoms with Crippen LogP contribution in [-0.2, 0) is 15.2 Å². The number of carbonyl (C=O) groups is 2. The van der Waals surface area contributed by atoms with E-state index in [1.54, 1.807) is 17.0 Å². The van der Waals surface area contributed by atoms with Gasteiger partial charge in [0, 0.05) is 32.5 Å². The smallest absolute Gasteiger partial charge is 0.406 e. The van der Waals surface area contributed by atoms with Gasteiger partial charge in [-0.15, -0.1) is 0 Å². The minimum Gasteiger partial charge on any atom is -0.453 e. The molecule has 1 aromatic rings. The molecule has 0 aliphatic carbocycles. The van der Waals surface area contributed by atoms with Gasteiger partial charge in [0.15, 0.2) is 0 Å². The molecule has 1 aliphatic heterocycles. The van der Waals surface area contributed by atoms with Crippen LogP contribution < -0.4 is 5.32 Å². The predicted molar refractivity (Wildman–Crippen MR) is 89.2 cm³/mol. The normalized spacial score (nSPS) is 17.9. The minimum absolute atomic E-state index is 0.0379. The van der Waals surface area contributed by atoms with Crippen molar-refractivity contribution < 1.29 is 18.7 Å². The Balaban J connectivity index is 1.93. The van der Waals surface area contributed by atoms with Crippen LogP contribution in [0.5, 0.6) is 0 Å². The third-order valence-corrected chi connectivity index (χ3v) is 4.68. The fraction of sp³-hybridized carbons (Fsp3) is 0.556. The Kier molecular flexibility index (Phi) is 6.17. The molecule has 1 saturated heterocycles. The van der Waals surface area contributed by atoms with Crippen molar-refractivity contribution in [1.29, 1.82) is 0 Å². The number of ether oxygens (including phenoxy) is 1. The molecule has 5 nitrogen and oxygen atoms in total. The van der Waals surface area contributed by atoms with Crippen LogP contribution >= 0.6 is 0 Å². The molecule has 0 spiro atoms. The quantitative estimate of drug-likeness (QED) is 0.899.